The third kappa shape index (κ3) is 3.98. The Morgan fingerprint density at radius 1 is 1.53 bits per heavy atom. The first kappa shape index (κ1) is 12.1. The van der Waals surface area contributed by atoms with Crippen LogP contribution in [0.1, 0.15) is 11.1 Å². The number of carboxylic acid groups (broad SMARTS) is 1. The molecule has 0 aliphatic rings. The van der Waals surface area contributed by atoms with Gasteiger partial charge in [-0.05, 0) is 17.2 Å². The molecule has 15 heavy (non-hydrogen) atoms. The van der Waals surface area contributed by atoms with E-state index in [-0.39, 0.29) is 6.42 Å². The Bertz CT molecular complexity index is 388. The Balaban J connectivity index is 2.87. The van der Waals surface area contributed by atoms with E-state index < -0.39 is 5.97 Å². The summed E-state index contributed by atoms with van der Waals surface area (Å²) in [7, 11) is 0. The number of thiol groups is 1. The standard InChI is InChI=1S/C11H11ClO2S/c12-10-6-8(2-1-5-15)3-4-9(10)7-11(13)14/h1-4,6,15H,5,7H2,(H,13,14). The van der Waals surface area contributed by atoms with Crippen LogP contribution in [0.3, 0.4) is 0 Å². The lowest BCUT2D eigenvalue weighted by atomic mass is 10.1. The minimum Gasteiger partial charge on any atom is -0.481 e. The van der Waals surface area contributed by atoms with Crippen LogP contribution in [-0.4, -0.2) is 16.8 Å². The van der Waals surface area contributed by atoms with Gasteiger partial charge < -0.3 is 5.11 Å². The molecule has 0 spiro atoms. The highest BCUT2D eigenvalue weighted by atomic mass is 35.5. The summed E-state index contributed by atoms with van der Waals surface area (Å²) >= 11 is 9.98. The van der Waals surface area contributed by atoms with E-state index in [1.165, 1.54) is 0 Å². The quantitative estimate of drug-likeness (QED) is 0.797. The molecule has 4 heteroatoms. The van der Waals surface area contributed by atoms with E-state index in [4.69, 9.17) is 16.7 Å². The average molecular weight is 243 g/mol. The fraction of sp³-hybridized carbons (Fsp3) is 0.182. The lowest BCUT2D eigenvalue weighted by molar-refractivity contribution is -0.136. The maximum atomic E-state index is 10.5. The van der Waals surface area contributed by atoms with Gasteiger partial charge in [0.15, 0.2) is 0 Å². The van der Waals surface area contributed by atoms with E-state index in [0.29, 0.717) is 16.3 Å². The molecule has 80 valence electrons. The summed E-state index contributed by atoms with van der Waals surface area (Å²) in [6.45, 7) is 0. The second-order valence-electron chi connectivity index (χ2n) is 3.01. The van der Waals surface area contributed by atoms with Crippen molar-refractivity contribution in [2.45, 2.75) is 6.42 Å². The molecule has 0 heterocycles. The number of aliphatic carboxylic acids is 1. The largest absolute Gasteiger partial charge is 0.481 e. The molecule has 0 aromatic heterocycles. The van der Waals surface area contributed by atoms with Crippen LogP contribution in [0.4, 0.5) is 0 Å². The lowest BCUT2D eigenvalue weighted by Crippen LogP contribution is -2.00. The van der Waals surface area contributed by atoms with Crippen molar-refractivity contribution < 1.29 is 9.90 Å². The van der Waals surface area contributed by atoms with Crippen molar-refractivity contribution in [3.63, 3.8) is 0 Å². The first-order valence-corrected chi connectivity index (χ1v) is 5.42. The molecule has 0 aliphatic carbocycles. The summed E-state index contributed by atoms with van der Waals surface area (Å²) < 4.78 is 0. The minimum atomic E-state index is -0.879. The van der Waals surface area contributed by atoms with E-state index in [1.54, 1.807) is 12.1 Å². The smallest absolute Gasteiger partial charge is 0.307 e. The Morgan fingerprint density at radius 2 is 2.27 bits per heavy atom. The van der Waals surface area contributed by atoms with Crippen molar-refractivity contribution in [3.8, 4) is 0 Å². The maximum absolute atomic E-state index is 10.5. The average Bonchev–Trinajstić information content (AvgIpc) is 2.18. The van der Waals surface area contributed by atoms with Crippen LogP contribution in [0.25, 0.3) is 6.08 Å². The summed E-state index contributed by atoms with van der Waals surface area (Å²) in [4.78, 5) is 10.5. The van der Waals surface area contributed by atoms with Gasteiger partial charge in [-0.15, -0.1) is 0 Å². The number of benzene rings is 1. The van der Waals surface area contributed by atoms with Crippen LogP contribution in [0.2, 0.25) is 5.02 Å². The zero-order chi connectivity index (χ0) is 11.3. The van der Waals surface area contributed by atoms with E-state index in [2.05, 4.69) is 12.6 Å². The molecule has 0 saturated heterocycles. The Kier molecular flexibility index (Phi) is 4.72. The highest BCUT2D eigenvalue weighted by Gasteiger charge is 2.05. The summed E-state index contributed by atoms with van der Waals surface area (Å²) in [5.74, 6) is -0.218. The van der Waals surface area contributed by atoms with Gasteiger partial charge in [-0.25, -0.2) is 0 Å². The molecule has 2 nitrogen and oxygen atoms in total. The molecule has 0 radical (unpaired) electrons. The molecule has 0 atom stereocenters. The van der Waals surface area contributed by atoms with Crippen molar-refractivity contribution in [1.82, 2.24) is 0 Å². The summed E-state index contributed by atoms with van der Waals surface area (Å²) in [6.07, 6.45) is 3.74. The zero-order valence-corrected chi connectivity index (χ0v) is 9.63. The molecule has 1 aromatic rings. The number of rotatable bonds is 4. The van der Waals surface area contributed by atoms with Gasteiger partial charge in [0, 0.05) is 10.8 Å². The van der Waals surface area contributed by atoms with E-state index in [9.17, 15) is 4.79 Å². The van der Waals surface area contributed by atoms with Gasteiger partial charge in [-0.3, -0.25) is 4.79 Å². The van der Waals surface area contributed by atoms with E-state index >= 15 is 0 Å². The molecule has 1 rings (SSSR count). The molecule has 1 N–H and O–H groups in total. The second kappa shape index (κ2) is 5.83. The molecular formula is C11H11ClO2S. The third-order valence-electron chi connectivity index (χ3n) is 1.83. The van der Waals surface area contributed by atoms with Crippen LogP contribution in [0, 0.1) is 0 Å². The highest BCUT2D eigenvalue weighted by molar-refractivity contribution is 7.80. The Hall–Kier alpha value is -0.930. The number of hydrogen-bond acceptors (Lipinski definition) is 2. The SMILES string of the molecule is O=C(O)Cc1ccc(C=CCS)cc1Cl. The van der Waals surface area contributed by atoms with Gasteiger partial charge in [0.25, 0.3) is 0 Å². The van der Waals surface area contributed by atoms with E-state index in [1.807, 2.05) is 18.2 Å². The zero-order valence-electron chi connectivity index (χ0n) is 7.98. The normalized spacial score (nSPS) is 10.8. The van der Waals surface area contributed by atoms with Crippen molar-refractivity contribution >= 4 is 36.3 Å². The lowest BCUT2D eigenvalue weighted by Gasteiger charge is -2.02. The predicted molar refractivity (Wildman–Crippen MR) is 65.7 cm³/mol. The molecule has 0 fully saturated rings. The van der Waals surface area contributed by atoms with E-state index in [0.717, 1.165) is 5.56 Å². The third-order valence-corrected chi connectivity index (χ3v) is 2.40. The molecule has 0 saturated carbocycles. The topological polar surface area (TPSA) is 37.3 Å². The number of carbonyl (C=O) groups is 1. The van der Waals surface area contributed by atoms with Gasteiger partial charge in [0.05, 0.1) is 6.42 Å². The van der Waals surface area contributed by atoms with Gasteiger partial charge in [-0.1, -0.05) is 35.9 Å². The number of halogens is 1. The van der Waals surface area contributed by atoms with Crippen LogP contribution in [-0.2, 0) is 11.2 Å². The van der Waals surface area contributed by atoms with Gasteiger partial charge in [-0.2, -0.15) is 12.6 Å². The van der Waals surface area contributed by atoms with Gasteiger partial charge in [0.2, 0.25) is 0 Å². The summed E-state index contributed by atoms with van der Waals surface area (Å²) in [5.41, 5.74) is 1.58. The highest BCUT2D eigenvalue weighted by Crippen LogP contribution is 2.19. The molecule has 0 unspecified atom stereocenters. The van der Waals surface area contributed by atoms with Crippen molar-refractivity contribution in [3.05, 3.63) is 40.4 Å². The van der Waals surface area contributed by atoms with Crippen LogP contribution < -0.4 is 0 Å². The fourth-order valence-corrected chi connectivity index (χ4v) is 1.52. The second-order valence-corrected chi connectivity index (χ2v) is 3.78. The van der Waals surface area contributed by atoms with Crippen molar-refractivity contribution in [2.24, 2.45) is 0 Å². The van der Waals surface area contributed by atoms with Gasteiger partial charge >= 0.3 is 5.97 Å². The first-order valence-electron chi connectivity index (χ1n) is 4.41. The van der Waals surface area contributed by atoms with Gasteiger partial charge in [0.1, 0.15) is 0 Å². The Labute approximate surface area is 99.0 Å². The maximum Gasteiger partial charge on any atom is 0.307 e. The fourth-order valence-electron chi connectivity index (χ4n) is 1.16. The van der Waals surface area contributed by atoms with Crippen LogP contribution in [0.5, 0.6) is 0 Å². The summed E-state index contributed by atoms with van der Waals surface area (Å²) in [5, 5.41) is 9.10. The molecule has 1 aromatic carbocycles. The molecule has 0 aliphatic heterocycles. The molecule has 0 amide bonds. The number of hydrogen-bond donors (Lipinski definition) is 2. The number of carboxylic acids is 1. The van der Waals surface area contributed by atoms with Crippen LogP contribution >= 0.6 is 24.2 Å². The van der Waals surface area contributed by atoms with Crippen molar-refractivity contribution in [2.75, 3.05) is 5.75 Å². The van der Waals surface area contributed by atoms with Crippen LogP contribution in [0.15, 0.2) is 24.3 Å². The Morgan fingerprint density at radius 3 is 2.80 bits per heavy atom. The summed E-state index contributed by atoms with van der Waals surface area (Å²) in [6, 6.07) is 5.32. The first-order chi connectivity index (χ1) is 7.13. The van der Waals surface area contributed by atoms with Crippen molar-refractivity contribution in [1.29, 1.82) is 0 Å². The monoisotopic (exact) mass is 242 g/mol. The predicted octanol–water partition coefficient (Wildman–Crippen LogP) is 2.91. The minimum absolute atomic E-state index is 0.0462. The molecule has 0 bridgehead atoms. The molecular weight excluding hydrogens is 232 g/mol.